The van der Waals surface area contributed by atoms with Gasteiger partial charge in [0.1, 0.15) is 23.2 Å². The summed E-state index contributed by atoms with van der Waals surface area (Å²) in [5.74, 6) is 0.514. The maximum Gasteiger partial charge on any atom is 0.349 e. The number of unbranched alkanes of at least 4 members (excludes halogenated alkanes) is 5. The van der Waals surface area contributed by atoms with Crippen molar-refractivity contribution in [2.75, 3.05) is 6.61 Å². The van der Waals surface area contributed by atoms with Crippen LogP contribution in [0.3, 0.4) is 0 Å². The van der Waals surface area contributed by atoms with E-state index in [1.54, 1.807) is 6.07 Å². The predicted molar refractivity (Wildman–Crippen MR) is 110 cm³/mol. The van der Waals surface area contributed by atoms with Crippen LogP contribution in [0.5, 0.6) is 0 Å². The van der Waals surface area contributed by atoms with E-state index in [-0.39, 0.29) is 5.57 Å². The molecule has 142 valence electrons. The molecule has 27 heavy (non-hydrogen) atoms. The first-order chi connectivity index (χ1) is 13.1. The first-order valence-corrected chi connectivity index (χ1v) is 10.1. The van der Waals surface area contributed by atoms with E-state index in [1.807, 2.05) is 36.4 Å². The summed E-state index contributed by atoms with van der Waals surface area (Å²) in [5, 5.41) is 9.25. The molecule has 4 nitrogen and oxygen atoms in total. The number of nitriles is 1. The van der Waals surface area contributed by atoms with Gasteiger partial charge < -0.3 is 9.15 Å². The van der Waals surface area contributed by atoms with Crippen molar-refractivity contribution in [3.63, 3.8) is 0 Å². The highest BCUT2D eigenvalue weighted by Crippen LogP contribution is 2.25. The minimum absolute atomic E-state index is 0.0577. The summed E-state index contributed by atoms with van der Waals surface area (Å²) < 4.78 is 11.9. The van der Waals surface area contributed by atoms with Crippen LogP contribution in [0.15, 0.2) is 50.9 Å². The van der Waals surface area contributed by atoms with Gasteiger partial charge in [0.2, 0.25) is 0 Å². The molecule has 5 heteroatoms. The molecule has 0 fully saturated rings. The van der Waals surface area contributed by atoms with Gasteiger partial charge in [0.05, 0.1) is 6.61 Å². The van der Waals surface area contributed by atoms with Gasteiger partial charge in [-0.25, -0.2) is 4.79 Å². The summed E-state index contributed by atoms with van der Waals surface area (Å²) in [6.07, 6.45) is 8.10. The van der Waals surface area contributed by atoms with E-state index in [0.717, 1.165) is 29.3 Å². The topological polar surface area (TPSA) is 63.2 Å². The Bertz CT molecular complexity index is 800. The molecular formula is C22H24BrNO3. The van der Waals surface area contributed by atoms with Crippen LogP contribution in [0.2, 0.25) is 0 Å². The van der Waals surface area contributed by atoms with Gasteiger partial charge in [0, 0.05) is 16.1 Å². The molecule has 1 aromatic heterocycles. The molecule has 1 aromatic carbocycles. The monoisotopic (exact) mass is 429 g/mol. The number of halogens is 1. The largest absolute Gasteiger partial charge is 0.462 e. The van der Waals surface area contributed by atoms with Gasteiger partial charge in [-0.05, 0) is 30.7 Å². The summed E-state index contributed by atoms with van der Waals surface area (Å²) >= 11 is 3.39. The van der Waals surface area contributed by atoms with E-state index >= 15 is 0 Å². The molecule has 0 aliphatic carbocycles. The van der Waals surface area contributed by atoms with Crippen molar-refractivity contribution < 1.29 is 13.9 Å². The van der Waals surface area contributed by atoms with Crippen molar-refractivity contribution in [1.82, 2.24) is 0 Å². The fourth-order valence-electron chi connectivity index (χ4n) is 2.60. The van der Waals surface area contributed by atoms with Gasteiger partial charge in [-0.15, -0.1) is 0 Å². The highest BCUT2D eigenvalue weighted by Gasteiger charge is 2.12. The van der Waals surface area contributed by atoms with Crippen LogP contribution >= 0.6 is 15.9 Å². The van der Waals surface area contributed by atoms with Gasteiger partial charge in [-0.3, -0.25) is 0 Å². The second-order valence-electron chi connectivity index (χ2n) is 6.28. The Hall–Kier alpha value is -2.32. The zero-order valence-electron chi connectivity index (χ0n) is 15.5. The minimum atomic E-state index is -0.604. The molecule has 0 atom stereocenters. The maximum atomic E-state index is 12.1. The van der Waals surface area contributed by atoms with E-state index in [2.05, 4.69) is 22.9 Å². The molecule has 0 aliphatic rings. The highest BCUT2D eigenvalue weighted by atomic mass is 79.9. The quantitative estimate of drug-likeness (QED) is 0.186. The zero-order chi connectivity index (χ0) is 19.5. The molecule has 0 spiro atoms. The zero-order valence-corrected chi connectivity index (χ0v) is 17.1. The molecule has 0 aliphatic heterocycles. The van der Waals surface area contributed by atoms with Gasteiger partial charge in [-0.2, -0.15) is 5.26 Å². The van der Waals surface area contributed by atoms with Crippen LogP contribution < -0.4 is 0 Å². The Morgan fingerprint density at radius 3 is 2.52 bits per heavy atom. The first-order valence-electron chi connectivity index (χ1n) is 9.28. The predicted octanol–water partition coefficient (Wildman–Crippen LogP) is 6.52. The number of esters is 1. The summed E-state index contributed by atoms with van der Waals surface area (Å²) in [6.45, 7) is 2.52. The van der Waals surface area contributed by atoms with Crippen molar-refractivity contribution in [1.29, 1.82) is 5.26 Å². The molecular weight excluding hydrogens is 406 g/mol. The van der Waals surface area contributed by atoms with Crippen LogP contribution in [0, 0.1) is 11.3 Å². The van der Waals surface area contributed by atoms with Gasteiger partial charge >= 0.3 is 5.97 Å². The highest BCUT2D eigenvalue weighted by molar-refractivity contribution is 9.10. The molecule has 0 radical (unpaired) electrons. The van der Waals surface area contributed by atoms with E-state index in [0.29, 0.717) is 18.1 Å². The molecule has 0 saturated heterocycles. The number of carbonyl (C=O) groups is 1. The number of benzene rings is 1. The van der Waals surface area contributed by atoms with Gasteiger partial charge in [-0.1, -0.05) is 67.1 Å². The summed E-state index contributed by atoms with van der Waals surface area (Å²) in [4.78, 5) is 12.1. The number of rotatable bonds is 10. The Balaban J connectivity index is 1.89. The molecule has 1 heterocycles. The van der Waals surface area contributed by atoms with E-state index < -0.39 is 5.97 Å². The normalized spacial score (nSPS) is 11.2. The lowest BCUT2D eigenvalue weighted by atomic mass is 10.1. The van der Waals surface area contributed by atoms with Gasteiger partial charge in [0.25, 0.3) is 0 Å². The van der Waals surface area contributed by atoms with Gasteiger partial charge in [0.15, 0.2) is 0 Å². The maximum absolute atomic E-state index is 12.1. The smallest absolute Gasteiger partial charge is 0.349 e. The Labute approximate surface area is 169 Å². The van der Waals surface area contributed by atoms with Crippen LogP contribution in [0.1, 0.15) is 51.2 Å². The van der Waals surface area contributed by atoms with Crippen LogP contribution in [0.25, 0.3) is 17.4 Å². The molecule has 0 unspecified atom stereocenters. The standard InChI is InChI=1S/C22H24BrNO3/c1-2-3-4-5-6-7-14-26-22(25)18(16-24)15-20-12-13-21(27-20)17-8-10-19(23)11-9-17/h8-13,15H,2-7,14H2,1H3/b18-15+. The third-order valence-corrected chi connectivity index (χ3v) is 4.64. The third-order valence-electron chi connectivity index (χ3n) is 4.11. The molecule has 2 aromatic rings. The van der Waals surface area contributed by atoms with E-state index in [1.165, 1.54) is 25.3 Å². The minimum Gasteiger partial charge on any atom is -0.462 e. The summed E-state index contributed by atoms with van der Waals surface area (Å²) in [7, 11) is 0. The summed E-state index contributed by atoms with van der Waals surface area (Å²) in [5.41, 5.74) is 0.861. The lowest BCUT2D eigenvalue weighted by molar-refractivity contribution is -0.138. The number of furan rings is 1. The number of ether oxygens (including phenoxy) is 1. The Kier molecular flexibility index (Phi) is 8.86. The van der Waals surface area contributed by atoms with Crippen molar-refractivity contribution in [3.05, 3.63) is 52.2 Å². The van der Waals surface area contributed by atoms with Crippen LogP contribution in [-0.2, 0) is 9.53 Å². The van der Waals surface area contributed by atoms with E-state index in [4.69, 9.17) is 9.15 Å². The average molecular weight is 430 g/mol. The second-order valence-corrected chi connectivity index (χ2v) is 7.20. The fourth-order valence-corrected chi connectivity index (χ4v) is 2.87. The fraction of sp³-hybridized carbons (Fsp3) is 0.364. The lowest BCUT2D eigenvalue weighted by Gasteiger charge is -2.03. The third kappa shape index (κ3) is 7.07. The number of hydrogen-bond acceptors (Lipinski definition) is 4. The number of carbonyl (C=O) groups excluding carboxylic acids is 1. The Morgan fingerprint density at radius 2 is 1.81 bits per heavy atom. The van der Waals surface area contributed by atoms with Crippen LogP contribution in [-0.4, -0.2) is 12.6 Å². The molecule has 0 bridgehead atoms. The van der Waals surface area contributed by atoms with Crippen molar-refractivity contribution >= 4 is 28.0 Å². The Morgan fingerprint density at radius 1 is 1.11 bits per heavy atom. The lowest BCUT2D eigenvalue weighted by Crippen LogP contribution is -2.07. The van der Waals surface area contributed by atoms with Crippen molar-refractivity contribution in [2.45, 2.75) is 45.4 Å². The van der Waals surface area contributed by atoms with Crippen molar-refractivity contribution in [3.8, 4) is 17.4 Å². The SMILES string of the molecule is CCCCCCCCOC(=O)/C(C#N)=C/c1ccc(-c2ccc(Br)cc2)o1. The first kappa shape index (κ1) is 21.0. The molecule has 0 saturated carbocycles. The average Bonchev–Trinajstić information content (AvgIpc) is 3.14. The molecule has 0 N–H and O–H groups in total. The number of nitrogens with zero attached hydrogens (tertiary/aromatic N) is 1. The summed E-state index contributed by atoms with van der Waals surface area (Å²) in [6, 6.07) is 13.1. The van der Waals surface area contributed by atoms with Crippen LogP contribution in [0.4, 0.5) is 0 Å². The molecule has 2 rings (SSSR count). The van der Waals surface area contributed by atoms with E-state index in [9.17, 15) is 10.1 Å². The number of hydrogen-bond donors (Lipinski definition) is 0. The van der Waals surface area contributed by atoms with Crippen molar-refractivity contribution in [2.24, 2.45) is 0 Å². The second kappa shape index (κ2) is 11.4. The molecule has 0 amide bonds.